The normalized spacial score (nSPS) is 15.2. The van der Waals surface area contributed by atoms with Crippen LogP contribution in [0.3, 0.4) is 0 Å². The first-order chi connectivity index (χ1) is 16.4. The summed E-state index contributed by atoms with van der Waals surface area (Å²) in [6.07, 6.45) is 2.30. The molecule has 1 aromatic carbocycles. The molecule has 0 unspecified atom stereocenters. The highest BCUT2D eigenvalue weighted by Crippen LogP contribution is 2.28. The van der Waals surface area contributed by atoms with Gasteiger partial charge in [0.15, 0.2) is 0 Å². The first-order valence-corrected chi connectivity index (χ1v) is 12.5. The van der Waals surface area contributed by atoms with E-state index in [1.165, 1.54) is 16.4 Å². The summed E-state index contributed by atoms with van der Waals surface area (Å²) < 4.78 is 42.8. The molecule has 9 nitrogen and oxygen atoms in total. The van der Waals surface area contributed by atoms with Crippen LogP contribution in [0.25, 0.3) is 0 Å². The van der Waals surface area contributed by atoms with E-state index >= 15 is 0 Å². The van der Waals surface area contributed by atoms with Gasteiger partial charge in [0.1, 0.15) is 5.76 Å². The van der Waals surface area contributed by atoms with Crippen LogP contribution in [0.4, 0.5) is 5.69 Å². The minimum Gasteiger partial charge on any atom is -0.467 e. The van der Waals surface area contributed by atoms with Crippen LogP contribution in [-0.4, -0.2) is 44.3 Å². The van der Waals surface area contributed by atoms with Crippen LogP contribution in [0, 0.1) is 5.92 Å². The number of amides is 1. The lowest BCUT2D eigenvalue weighted by Gasteiger charge is -2.33. The van der Waals surface area contributed by atoms with E-state index in [9.17, 15) is 18.0 Å². The Kier molecular flexibility index (Phi) is 7.18. The van der Waals surface area contributed by atoms with Crippen LogP contribution in [0.15, 0.2) is 74.8 Å². The third-order valence-corrected chi connectivity index (χ3v) is 7.46. The highest BCUT2D eigenvalue weighted by Gasteiger charge is 2.36. The van der Waals surface area contributed by atoms with E-state index in [2.05, 4.69) is 0 Å². The number of rotatable bonds is 8. The average Bonchev–Trinajstić information content (AvgIpc) is 3.56. The second-order valence-corrected chi connectivity index (χ2v) is 9.73. The van der Waals surface area contributed by atoms with E-state index < -0.39 is 16.0 Å². The first kappa shape index (κ1) is 23.8. The number of furan rings is 2. The Bertz CT molecular complexity index is 1210. The van der Waals surface area contributed by atoms with Crippen LogP contribution in [-0.2, 0) is 26.1 Å². The Morgan fingerprint density at radius 2 is 1.79 bits per heavy atom. The predicted octanol–water partition coefficient (Wildman–Crippen LogP) is 3.68. The number of piperidine rings is 1. The zero-order valence-electron chi connectivity index (χ0n) is 18.8. The number of ether oxygens (including phenoxy) is 1. The maximum atomic E-state index is 13.4. The van der Waals surface area contributed by atoms with Crippen LogP contribution >= 0.6 is 0 Å². The van der Waals surface area contributed by atoms with Crippen LogP contribution < -0.4 is 4.90 Å². The molecule has 0 atom stereocenters. The predicted molar refractivity (Wildman–Crippen MR) is 122 cm³/mol. The van der Waals surface area contributed by atoms with Gasteiger partial charge in [-0.25, -0.2) is 13.2 Å². The molecular formula is C24H26N2O7S. The Morgan fingerprint density at radius 1 is 1.06 bits per heavy atom. The molecule has 1 saturated heterocycles. The largest absolute Gasteiger partial charge is 0.467 e. The highest BCUT2D eigenvalue weighted by atomic mass is 32.2. The third kappa shape index (κ3) is 5.07. The zero-order valence-corrected chi connectivity index (χ0v) is 19.6. The number of nitrogens with zero attached hydrogens (tertiary/aromatic N) is 2. The summed E-state index contributed by atoms with van der Waals surface area (Å²) in [5, 5.41) is -0.316. The standard InChI is InChI=1S/C24H26N2O7S/c1-2-31-24(28)21-10-11-22(33-21)34(29,30)25-14-12-18(13-15-25)23(27)26(17-20-9-6-16-32-20)19-7-4-3-5-8-19/h3-11,16,18H,2,12-15,17H2,1H3. The van der Waals surface area contributed by atoms with Crippen molar-refractivity contribution in [1.29, 1.82) is 0 Å². The van der Waals surface area contributed by atoms with Crippen molar-refractivity contribution in [2.24, 2.45) is 5.92 Å². The molecule has 1 aliphatic heterocycles. The molecule has 0 radical (unpaired) electrons. The summed E-state index contributed by atoms with van der Waals surface area (Å²) in [5.41, 5.74) is 0.751. The van der Waals surface area contributed by atoms with Gasteiger partial charge in [0.25, 0.3) is 10.0 Å². The fraction of sp³-hybridized carbons (Fsp3) is 0.333. The monoisotopic (exact) mass is 486 g/mol. The van der Waals surface area contributed by atoms with Gasteiger partial charge in [-0.05, 0) is 56.2 Å². The molecular weight excluding hydrogens is 460 g/mol. The number of esters is 1. The number of benzene rings is 1. The maximum Gasteiger partial charge on any atom is 0.374 e. The number of anilines is 1. The van der Waals surface area contributed by atoms with Crippen molar-refractivity contribution in [1.82, 2.24) is 4.31 Å². The fourth-order valence-corrected chi connectivity index (χ4v) is 5.31. The molecule has 4 rings (SSSR count). The molecule has 3 heterocycles. The zero-order chi connectivity index (χ0) is 24.1. The van der Waals surface area contributed by atoms with Gasteiger partial charge in [-0.1, -0.05) is 18.2 Å². The number of carbonyl (C=O) groups is 2. The third-order valence-electron chi connectivity index (χ3n) is 5.68. The van der Waals surface area contributed by atoms with Crippen molar-refractivity contribution in [3.8, 4) is 0 Å². The van der Waals surface area contributed by atoms with Crippen molar-refractivity contribution in [2.45, 2.75) is 31.4 Å². The average molecular weight is 487 g/mol. The fourth-order valence-electron chi connectivity index (χ4n) is 3.92. The molecule has 0 spiro atoms. The molecule has 0 N–H and O–H groups in total. The summed E-state index contributed by atoms with van der Waals surface area (Å²) in [4.78, 5) is 26.9. The molecule has 3 aromatic rings. The van der Waals surface area contributed by atoms with Gasteiger partial charge in [0.05, 0.1) is 19.4 Å². The van der Waals surface area contributed by atoms with E-state index in [4.69, 9.17) is 13.6 Å². The Labute approximate surface area is 197 Å². The van der Waals surface area contributed by atoms with Gasteiger partial charge >= 0.3 is 5.97 Å². The molecule has 1 amide bonds. The van der Waals surface area contributed by atoms with Crippen molar-refractivity contribution >= 4 is 27.6 Å². The smallest absolute Gasteiger partial charge is 0.374 e. The van der Waals surface area contributed by atoms with Crippen LogP contribution in [0.5, 0.6) is 0 Å². The van der Waals surface area contributed by atoms with E-state index in [0.29, 0.717) is 18.6 Å². The summed E-state index contributed by atoms with van der Waals surface area (Å²) in [6.45, 7) is 2.42. The number of para-hydroxylation sites is 1. The van der Waals surface area contributed by atoms with E-state index in [1.807, 2.05) is 36.4 Å². The van der Waals surface area contributed by atoms with Gasteiger partial charge in [-0.2, -0.15) is 4.31 Å². The van der Waals surface area contributed by atoms with Crippen molar-refractivity contribution in [3.05, 3.63) is 72.4 Å². The van der Waals surface area contributed by atoms with Gasteiger partial charge in [0, 0.05) is 24.7 Å². The van der Waals surface area contributed by atoms with Crippen LogP contribution in [0.2, 0.25) is 0 Å². The lowest BCUT2D eigenvalue weighted by molar-refractivity contribution is -0.123. The molecule has 1 aliphatic rings. The van der Waals surface area contributed by atoms with Gasteiger partial charge in [-0.15, -0.1) is 0 Å². The SMILES string of the molecule is CCOC(=O)c1ccc(S(=O)(=O)N2CCC(C(=O)N(Cc3ccco3)c3ccccc3)CC2)o1. The molecule has 0 bridgehead atoms. The lowest BCUT2D eigenvalue weighted by atomic mass is 9.96. The number of sulfonamides is 1. The topological polar surface area (TPSA) is 110 Å². The Balaban J connectivity index is 1.44. The quantitative estimate of drug-likeness (QED) is 0.447. The minimum atomic E-state index is -3.93. The second-order valence-electron chi connectivity index (χ2n) is 7.86. The molecule has 0 saturated carbocycles. The Hall–Kier alpha value is -3.37. The maximum absolute atomic E-state index is 13.4. The first-order valence-electron chi connectivity index (χ1n) is 11.1. The molecule has 10 heteroatoms. The van der Waals surface area contributed by atoms with Gasteiger partial charge in [-0.3, -0.25) is 4.79 Å². The van der Waals surface area contributed by atoms with Gasteiger partial charge in [0.2, 0.25) is 16.8 Å². The Morgan fingerprint density at radius 3 is 2.44 bits per heavy atom. The summed E-state index contributed by atoms with van der Waals surface area (Å²) in [6, 6.07) is 15.4. The molecule has 0 aliphatic carbocycles. The highest BCUT2D eigenvalue weighted by molar-refractivity contribution is 7.89. The van der Waals surface area contributed by atoms with Crippen LogP contribution in [0.1, 0.15) is 36.1 Å². The molecule has 1 fully saturated rings. The number of hydrogen-bond acceptors (Lipinski definition) is 7. The summed E-state index contributed by atoms with van der Waals surface area (Å²) in [7, 11) is -3.93. The molecule has 2 aromatic heterocycles. The van der Waals surface area contributed by atoms with E-state index in [1.54, 1.807) is 24.2 Å². The van der Waals surface area contributed by atoms with Crippen molar-refractivity contribution in [2.75, 3.05) is 24.6 Å². The van der Waals surface area contributed by atoms with Crippen molar-refractivity contribution in [3.63, 3.8) is 0 Å². The molecule has 34 heavy (non-hydrogen) atoms. The van der Waals surface area contributed by atoms with E-state index in [-0.39, 0.29) is 48.9 Å². The van der Waals surface area contributed by atoms with E-state index in [0.717, 1.165) is 5.69 Å². The number of hydrogen-bond donors (Lipinski definition) is 0. The van der Waals surface area contributed by atoms with Crippen molar-refractivity contribution < 1.29 is 31.6 Å². The number of carbonyl (C=O) groups excluding carboxylic acids is 2. The van der Waals surface area contributed by atoms with Gasteiger partial charge < -0.3 is 18.5 Å². The lowest BCUT2D eigenvalue weighted by Crippen LogP contribution is -2.44. The second kappa shape index (κ2) is 10.3. The minimum absolute atomic E-state index is 0.0813. The summed E-state index contributed by atoms with van der Waals surface area (Å²) in [5.74, 6) is -0.643. The summed E-state index contributed by atoms with van der Waals surface area (Å²) >= 11 is 0. The molecule has 180 valence electrons.